The number of anilines is 2. The molecule has 28 heavy (non-hydrogen) atoms. The van der Waals surface area contributed by atoms with Crippen molar-refractivity contribution in [1.29, 1.82) is 0 Å². The molecular formula is C20H26N6OS. The maximum Gasteiger partial charge on any atom is 0.229 e. The molecule has 0 amide bonds. The number of hydrogen-bond acceptors (Lipinski definition) is 5. The molecule has 1 saturated carbocycles. The Bertz CT molecular complexity index is 843. The Morgan fingerprint density at radius 1 is 1.11 bits per heavy atom. The van der Waals surface area contributed by atoms with Crippen LogP contribution in [0.15, 0.2) is 35.3 Å². The average molecular weight is 399 g/mol. The van der Waals surface area contributed by atoms with Gasteiger partial charge in [0.2, 0.25) is 11.9 Å². The van der Waals surface area contributed by atoms with Gasteiger partial charge in [-0.15, -0.1) is 0 Å². The molecule has 0 bridgehead atoms. The highest BCUT2D eigenvalue weighted by molar-refractivity contribution is 7.80. The maximum absolute atomic E-state index is 5.49. The number of thiocarbonyl (C=S) groups is 1. The number of benzene rings is 1. The molecule has 3 rings (SSSR count). The van der Waals surface area contributed by atoms with Gasteiger partial charge in [-0.25, -0.2) is 15.0 Å². The molecule has 1 fully saturated rings. The molecule has 1 aliphatic carbocycles. The first-order valence-electron chi connectivity index (χ1n) is 9.41. The van der Waals surface area contributed by atoms with Crippen molar-refractivity contribution in [3.05, 3.63) is 41.7 Å². The fourth-order valence-electron chi connectivity index (χ4n) is 3.21. The number of ether oxygens (including phenoxy) is 1. The van der Waals surface area contributed by atoms with Crippen LogP contribution in [0, 0.1) is 13.8 Å². The predicted octanol–water partition coefficient (Wildman–Crippen LogP) is 3.80. The van der Waals surface area contributed by atoms with Crippen LogP contribution < -0.4 is 20.7 Å². The molecule has 0 saturated heterocycles. The summed E-state index contributed by atoms with van der Waals surface area (Å²) in [5.74, 6) is 1.76. The van der Waals surface area contributed by atoms with Gasteiger partial charge in [-0.05, 0) is 57.1 Å². The molecule has 148 valence electrons. The summed E-state index contributed by atoms with van der Waals surface area (Å²) in [6.45, 7) is 3.88. The van der Waals surface area contributed by atoms with Crippen molar-refractivity contribution in [2.45, 2.75) is 45.6 Å². The second-order valence-electron chi connectivity index (χ2n) is 6.79. The van der Waals surface area contributed by atoms with Crippen LogP contribution in [-0.4, -0.2) is 34.2 Å². The lowest BCUT2D eigenvalue weighted by molar-refractivity contribution is 0.417. The molecule has 0 aliphatic heterocycles. The Morgan fingerprint density at radius 2 is 1.79 bits per heavy atom. The zero-order valence-corrected chi connectivity index (χ0v) is 17.3. The quantitative estimate of drug-likeness (QED) is 0.410. The maximum atomic E-state index is 5.49. The van der Waals surface area contributed by atoms with E-state index in [1.807, 2.05) is 44.2 Å². The summed E-state index contributed by atoms with van der Waals surface area (Å²) >= 11 is 5.49. The van der Waals surface area contributed by atoms with Gasteiger partial charge in [-0.1, -0.05) is 25.0 Å². The van der Waals surface area contributed by atoms with Gasteiger partial charge in [0, 0.05) is 11.4 Å². The van der Waals surface area contributed by atoms with E-state index in [-0.39, 0.29) is 6.04 Å². The molecule has 3 N–H and O–H groups in total. The summed E-state index contributed by atoms with van der Waals surface area (Å²) in [5, 5.41) is 9.92. The predicted molar refractivity (Wildman–Crippen MR) is 117 cm³/mol. The number of aliphatic imine (C=N–C) groups is 1. The number of guanidine groups is 1. The fourth-order valence-corrected chi connectivity index (χ4v) is 3.42. The zero-order valence-electron chi connectivity index (χ0n) is 16.5. The minimum absolute atomic E-state index is 0.273. The van der Waals surface area contributed by atoms with Gasteiger partial charge < -0.3 is 15.4 Å². The summed E-state index contributed by atoms with van der Waals surface area (Å²) < 4.78 is 5.37. The minimum Gasteiger partial charge on any atom is -0.495 e. The van der Waals surface area contributed by atoms with Crippen LogP contribution in [-0.2, 0) is 0 Å². The van der Waals surface area contributed by atoms with Gasteiger partial charge in [-0.2, -0.15) is 0 Å². The van der Waals surface area contributed by atoms with E-state index in [1.54, 1.807) is 7.11 Å². The number of hydrogen-bond donors (Lipinski definition) is 3. The first kappa shape index (κ1) is 20.0. The van der Waals surface area contributed by atoms with Gasteiger partial charge in [0.25, 0.3) is 0 Å². The van der Waals surface area contributed by atoms with E-state index in [0.29, 0.717) is 22.8 Å². The van der Waals surface area contributed by atoms with E-state index in [4.69, 9.17) is 21.9 Å². The van der Waals surface area contributed by atoms with E-state index >= 15 is 0 Å². The van der Waals surface area contributed by atoms with E-state index in [2.05, 4.69) is 25.9 Å². The van der Waals surface area contributed by atoms with E-state index in [0.717, 1.165) is 29.9 Å². The number of nitrogens with zero attached hydrogens (tertiary/aromatic N) is 3. The van der Waals surface area contributed by atoms with Gasteiger partial charge in [0.1, 0.15) is 5.75 Å². The molecule has 1 aromatic heterocycles. The number of rotatable bonds is 4. The Hall–Kier alpha value is -2.74. The Labute approximate surface area is 171 Å². The standard InChI is InChI=1S/C20H26N6OS/c1-13-12-14(2)22-18(21-13)25-19(23-15-8-4-5-9-15)26-20(28)24-16-10-6-7-11-17(16)27-3/h6-7,10-12,15H,4-5,8-9H2,1-3H3,(H3,21,22,23,24,25,26,28). The van der Waals surface area contributed by atoms with Crippen LogP contribution in [0.4, 0.5) is 11.6 Å². The first-order chi connectivity index (χ1) is 13.5. The van der Waals surface area contributed by atoms with Crippen molar-refractivity contribution in [3.8, 4) is 5.75 Å². The number of para-hydroxylation sites is 2. The fraction of sp³-hybridized carbons (Fsp3) is 0.400. The third-order valence-electron chi connectivity index (χ3n) is 4.44. The van der Waals surface area contributed by atoms with Crippen LogP contribution in [0.1, 0.15) is 37.1 Å². The number of nitrogens with one attached hydrogen (secondary N) is 3. The second kappa shape index (κ2) is 9.45. The summed E-state index contributed by atoms with van der Waals surface area (Å²) in [6, 6.07) is 9.81. The normalized spacial score (nSPS) is 14.6. The van der Waals surface area contributed by atoms with Crippen LogP contribution in [0.5, 0.6) is 5.75 Å². The largest absolute Gasteiger partial charge is 0.495 e. The first-order valence-corrected chi connectivity index (χ1v) is 9.82. The summed E-state index contributed by atoms with van der Waals surface area (Å²) in [6.07, 6.45) is 4.55. The lowest BCUT2D eigenvalue weighted by Gasteiger charge is -2.17. The molecule has 1 aromatic carbocycles. The van der Waals surface area contributed by atoms with Crippen molar-refractivity contribution >= 4 is 34.9 Å². The van der Waals surface area contributed by atoms with Crippen LogP contribution in [0.2, 0.25) is 0 Å². The summed E-state index contributed by atoms with van der Waals surface area (Å²) in [4.78, 5) is 13.7. The minimum atomic E-state index is 0.273. The molecule has 1 aliphatic rings. The summed E-state index contributed by atoms with van der Waals surface area (Å²) in [7, 11) is 1.63. The van der Waals surface area contributed by atoms with Crippen LogP contribution in [0.25, 0.3) is 0 Å². The van der Waals surface area contributed by atoms with Crippen molar-refractivity contribution in [1.82, 2.24) is 15.3 Å². The van der Waals surface area contributed by atoms with Crippen molar-refractivity contribution in [2.75, 3.05) is 17.7 Å². The summed E-state index contributed by atoms with van der Waals surface area (Å²) in [5.41, 5.74) is 2.57. The Morgan fingerprint density at radius 3 is 2.46 bits per heavy atom. The van der Waals surface area contributed by atoms with Gasteiger partial charge >= 0.3 is 0 Å². The molecule has 1 heterocycles. The number of aromatic nitrogens is 2. The van der Waals surface area contributed by atoms with Gasteiger partial charge in [0.05, 0.1) is 18.8 Å². The van der Waals surface area contributed by atoms with Gasteiger partial charge in [0.15, 0.2) is 5.11 Å². The highest BCUT2D eigenvalue weighted by Gasteiger charge is 2.16. The molecule has 8 heteroatoms. The monoisotopic (exact) mass is 398 g/mol. The average Bonchev–Trinajstić information content (AvgIpc) is 3.14. The van der Waals surface area contributed by atoms with Gasteiger partial charge in [-0.3, -0.25) is 5.32 Å². The molecule has 7 nitrogen and oxygen atoms in total. The van der Waals surface area contributed by atoms with Crippen LogP contribution in [0.3, 0.4) is 0 Å². The SMILES string of the molecule is COc1ccccc1NC(=S)NC(=NC1CCCC1)Nc1nc(C)cc(C)n1. The Balaban J connectivity index is 1.75. The Kier molecular flexibility index (Phi) is 6.76. The lowest BCUT2D eigenvalue weighted by atomic mass is 10.3. The van der Waals surface area contributed by atoms with E-state index < -0.39 is 0 Å². The molecule has 0 atom stereocenters. The third-order valence-corrected chi connectivity index (χ3v) is 4.64. The smallest absolute Gasteiger partial charge is 0.229 e. The highest BCUT2D eigenvalue weighted by Crippen LogP contribution is 2.23. The molecule has 0 spiro atoms. The van der Waals surface area contributed by atoms with E-state index in [1.165, 1.54) is 12.8 Å². The van der Waals surface area contributed by atoms with Crippen LogP contribution >= 0.6 is 12.2 Å². The topological polar surface area (TPSA) is 83.5 Å². The molecular weight excluding hydrogens is 372 g/mol. The molecule has 2 aromatic rings. The number of methoxy groups -OCH3 is 1. The van der Waals surface area contributed by atoms with Crippen molar-refractivity contribution in [2.24, 2.45) is 4.99 Å². The highest BCUT2D eigenvalue weighted by atomic mass is 32.1. The number of aryl methyl sites for hydroxylation is 2. The van der Waals surface area contributed by atoms with Crippen molar-refractivity contribution in [3.63, 3.8) is 0 Å². The zero-order chi connectivity index (χ0) is 19.9. The second-order valence-corrected chi connectivity index (χ2v) is 7.20. The van der Waals surface area contributed by atoms with Crippen molar-refractivity contribution < 1.29 is 4.74 Å². The third kappa shape index (κ3) is 5.63. The lowest BCUT2D eigenvalue weighted by Crippen LogP contribution is -2.40. The van der Waals surface area contributed by atoms with E-state index in [9.17, 15) is 0 Å². The molecule has 0 unspecified atom stereocenters. The molecule has 0 radical (unpaired) electrons.